The summed E-state index contributed by atoms with van der Waals surface area (Å²) in [4.78, 5) is 5.05. The molecular formula is C12H12ClFN4O. The van der Waals surface area contributed by atoms with E-state index in [0.717, 1.165) is 19.3 Å². The van der Waals surface area contributed by atoms with Crippen LogP contribution in [-0.4, -0.2) is 26.6 Å². The molecule has 0 bridgehead atoms. The van der Waals surface area contributed by atoms with Crippen LogP contribution in [0.1, 0.15) is 25.5 Å². The van der Waals surface area contributed by atoms with Gasteiger partial charge in [0.05, 0.1) is 16.8 Å². The van der Waals surface area contributed by atoms with Gasteiger partial charge in [-0.1, -0.05) is 11.6 Å². The highest BCUT2D eigenvalue weighted by molar-refractivity contribution is 6.30. The van der Waals surface area contributed by atoms with E-state index in [-0.39, 0.29) is 11.8 Å². The van der Waals surface area contributed by atoms with E-state index in [1.54, 1.807) is 0 Å². The Labute approximate surface area is 114 Å². The normalized spacial score (nSPS) is 19.6. The van der Waals surface area contributed by atoms with E-state index in [2.05, 4.69) is 15.2 Å². The van der Waals surface area contributed by atoms with Gasteiger partial charge in [-0.2, -0.15) is 19.4 Å². The maximum Gasteiger partial charge on any atom is 0.222 e. The maximum atomic E-state index is 13.6. The number of rotatable bonds is 2. The Hall–Kier alpha value is -1.53. The number of hydrogen-bond donors (Lipinski definition) is 0. The Kier molecular flexibility index (Phi) is 3.44. The Morgan fingerprint density at radius 2 is 2.26 bits per heavy atom. The monoisotopic (exact) mass is 282 g/mol. The first-order chi connectivity index (χ1) is 9.24. The maximum absolute atomic E-state index is 13.6. The molecule has 3 heterocycles. The second-order valence-corrected chi connectivity index (χ2v) is 4.80. The van der Waals surface area contributed by atoms with Gasteiger partial charge in [0.2, 0.25) is 5.95 Å². The number of pyridine rings is 1. The molecule has 1 aliphatic heterocycles. The number of hydrogen-bond acceptors (Lipinski definition) is 4. The molecule has 0 amide bonds. The molecule has 0 N–H and O–H groups in total. The summed E-state index contributed by atoms with van der Waals surface area (Å²) in [6, 6.07) is 1.49. The van der Waals surface area contributed by atoms with Crippen LogP contribution in [0, 0.1) is 5.95 Å². The molecule has 1 fully saturated rings. The van der Waals surface area contributed by atoms with Crippen molar-refractivity contribution in [2.75, 3.05) is 6.61 Å². The predicted octanol–water partition coefficient (Wildman–Crippen LogP) is 2.83. The lowest BCUT2D eigenvalue weighted by molar-refractivity contribution is -0.0479. The van der Waals surface area contributed by atoms with Crippen LogP contribution >= 0.6 is 11.6 Å². The Bertz CT molecular complexity index is 583. The van der Waals surface area contributed by atoms with E-state index >= 15 is 0 Å². The van der Waals surface area contributed by atoms with Crippen molar-refractivity contribution in [2.24, 2.45) is 0 Å². The van der Waals surface area contributed by atoms with Gasteiger partial charge in [0.25, 0.3) is 0 Å². The molecule has 3 rings (SSSR count). The minimum atomic E-state index is -0.610. The van der Waals surface area contributed by atoms with Crippen LogP contribution in [0.3, 0.4) is 0 Å². The third kappa shape index (κ3) is 2.59. The fourth-order valence-electron chi connectivity index (χ4n) is 2.05. The first kappa shape index (κ1) is 12.5. The minimum absolute atomic E-state index is 0.169. The summed E-state index contributed by atoms with van der Waals surface area (Å²) in [5.74, 6) is -0.610. The molecule has 0 saturated carbocycles. The van der Waals surface area contributed by atoms with E-state index in [1.165, 1.54) is 23.3 Å². The largest absolute Gasteiger partial charge is 0.355 e. The van der Waals surface area contributed by atoms with Crippen LogP contribution in [0.2, 0.25) is 5.02 Å². The summed E-state index contributed by atoms with van der Waals surface area (Å²) in [5.41, 5.74) is 0.649. The van der Waals surface area contributed by atoms with E-state index in [0.29, 0.717) is 17.3 Å². The van der Waals surface area contributed by atoms with Gasteiger partial charge in [-0.3, -0.25) is 0 Å². The lowest BCUT2D eigenvalue weighted by atomic mass is 10.2. The first-order valence-corrected chi connectivity index (χ1v) is 6.47. The smallest absolute Gasteiger partial charge is 0.222 e. The molecule has 19 heavy (non-hydrogen) atoms. The molecule has 1 atom stereocenters. The molecule has 0 spiro atoms. The van der Waals surface area contributed by atoms with Crippen molar-refractivity contribution < 1.29 is 9.13 Å². The topological polar surface area (TPSA) is 52.8 Å². The quantitative estimate of drug-likeness (QED) is 0.795. The van der Waals surface area contributed by atoms with Crippen molar-refractivity contribution in [1.29, 1.82) is 0 Å². The lowest BCUT2D eigenvalue weighted by Crippen LogP contribution is -2.20. The highest BCUT2D eigenvalue weighted by Gasteiger charge is 2.19. The Morgan fingerprint density at radius 1 is 1.37 bits per heavy atom. The average Bonchev–Trinajstić information content (AvgIpc) is 2.92. The summed E-state index contributed by atoms with van der Waals surface area (Å²) >= 11 is 5.81. The summed E-state index contributed by atoms with van der Waals surface area (Å²) in [7, 11) is 0. The van der Waals surface area contributed by atoms with Crippen molar-refractivity contribution >= 4 is 11.6 Å². The van der Waals surface area contributed by atoms with Gasteiger partial charge in [-0.05, 0) is 25.3 Å². The zero-order chi connectivity index (χ0) is 13.2. The molecule has 1 unspecified atom stereocenters. The van der Waals surface area contributed by atoms with Crippen LogP contribution in [0.5, 0.6) is 0 Å². The zero-order valence-electron chi connectivity index (χ0n) is 10.1. The second kappa shape index (κ2) is 5.22. The van der Waals surface area contributed by atoms with Gasteiger partial charge >= 0.3 is 0 Å². The van der Waals surface area contributed by atoms with Gasteiger partial charge in [0.1, 0.15) is 5.69 Å². The summed E-state index contributed by atoms with van der Waals surface area (Å²) < 4.78 is 19.2. The molecule has 0 radical (unpaired) electrons. The summed E-state index contributed by atoms with van der Waals surface area (Å²) in [5, 5.41) is 8.74. The van der Waals surface area contributed by atoms with Gasteiger partial charge in [-0.25, -0.2) is 4.98 Å². The van der Waals surface area contributed by atoms with Gasteiger partial charge < -0.3 is 4.74 Å². The molecule has 2 aromatic heterocycles. The second-order valence-electron chi connectivity index (χ2n) is 4.36. The SMILES string of the molecule is Fc1ncc(Cl)cc1-c1cnn(C2CCCCO2)n1. The molecule has 1 saturated heterocycles. The number of ether oxygens (including phenoxy) is 1. The first-order valence-electron chi connectivity index (χ1n) is 6.09. The van der Waals surface area contributed by atoms with Crippen LogP contribution < -0.4 is 0 Å². The van der Waals surface area contributed by atoms with Crippen LogP contribution in [0.15, 0.2) is 18.5 Å². The molecule has 1 aliphatic rings. The Morgan fingerprint density at radius 3 is 3.05 bits per heavy atom. The molecule has 5 nitrogen and oxygen atoms in total. The fraction of sp³-hybridized carbons (Fsp3) is 0.417. The molecular weight excluding hydrogens is 271 g/mol. The van der Waals surface area contributed by atoms with Crippen LogP contribution in [0.4, 0.5) is 4.39 Å². The predicted molar refractivity (Wildman–Crippen MR) is 67.1 cm³/mol. The van der Waals surface area contributed by atoms with Crippen molar-refractivity contribution in [3.05, 3.63) is 29.4 Å². The summed E-state index contributed by atoms with van der Waals surface area (Å²) in [6.45, 7) is 0.703. The third-order valence-electron chi connectivity index (χ3n) is 3.00. The van der Waals surface area contributed by atoms with Crippen LogP contribution in [0.25, 0.3) is 11.3 Å². The average molecular weight is 283 g/mol. The zero-order valence-corrected chi connectivity index (χ0v) is 10.8. The van der Waals surface area contributed by atoms with Crippen LogP contribution in [-0.2, 0) is 4.74 Å². The highest BCUT2D eigenvalue weighted by atomic mass is 35.5. The van der Waals surface area contributed by atoms with Crippen molar-refractivity contribution in [3.8, 4) is 11.3 Å². The minimum Gasteiger partial charge on any atom is -0.355 e. The number of aromatic nitrogens is 4. The molecule has 7 heteroatoms. The summed E-state index contributed by atoms with van der Waals surface area (Å²) in [6.07, 6.45) is 5.58. The number of nitrogens with zero attached hydrogens (tertiary/aromatic N) is 4. The molecule has 0 aromatic carbocycles. The van der Waals surface area contributed by atoms with Crippen molar-refractivity contribution in [2.45, 2.75) is 25.5 Å². The van der Waals surface area contributed by atoms with E-state index in [1.807, 2.05) is 0 Å². The van der Waals surface area contributed by atoms with Gasteiger partial charge in [0, 0.05) is 12.8 Å². The van der Waals surface area contributed by atoms with E-state index in [9.17, 15) is 4.39 Å². The highest BCUT2D eigenvalue weighted by Crippen LogP contribution is 2.25. The molecule has 100 valence electrons. The van der Waals surface area contributed by atoms with Crippen molar-refractivity contribution in [1.82, 2.24) is 20.0 Å². The van der Waals surface area contributed by atoms with Crippen molar-refractivity contribution in [3.63, 3.8) is 0 Å². The van der Waals surface area contributed by atoms with Gasteiger partial charge in [0.15, 0.2) is 6.23 Å². The molecule has 0 aliphatic carbocycles. The Balaban J connectivity index is 1.89. The standard InChI is InChI=1S/C12H12ClFN4O/c13-8-5-9(12(14)15-6-8)10-7-16-18(17-10)11-3-1-2-4-19-11/h5-7,11H,1-4H2. The van der Waals surface area contributed by atoms with E-state index in [4.69, 9.17) is 16.3 Å². The lowest BCUT2D eigenvalue weighted by Gasteiger charge is -2.21. The third-order valence-corrected chi connectivity index (χ3v) is 3.21. The number of halogens is 2. The van der Waals surface area contributed by atoms with Gasteiger partial charge in [-0.15, -0.1) is 0 Å². The van der Waals surface area contributed by atoms with E-state index < -0.39 is 5.95 Å². The fourth-order valence-corrected chi connectivity index (χ4v) is 2.20. The molecule has 2 aromatic rings.